The minimum Gasteiger partial charge on any atom is -0.354 e. The van der Waals surface area contributed by atoms with Crippen LogP contribution in [-0.2, 0) is 0 Å². The number of allylic oxidation sites excluding steroid dienone is 7. The van der Waals surface area contributed by atoms with E-state index in [4.69, 9.17) is 5.41 Å². The average Bonchev–Trinajstić information content (AvgIpc) is 2.88. The summed E-state index contributed by atoms with van der Waals surface area (Å²) in [5.41, 5.74) is 5.24. The maximum absolute atomic E-state index is 12.7. The zero-order valence-electron chi connectivity index (χ0n) is 24.4. The predicted octanol–water partition coefficient (Wildman–Crippen LogP) is 7.51. The number of hydrogen-bond donors (Lipinski definition) is 5. The summed E-state index contributed by atoms with van der Waals surface area (Å²) in [7, 11) is 0. The van der Waals surface area contributed by atoms with Crippen molar-refractivity contribution >= 4 is 23.8 Å². The van der Waals surface area contributed by atoms with Crippen molar-refractivity contribution in [3.05, 3.63) is 89.9 Å². The summed E-state index contributed by atoms with van der Waals surface area (Å²) in [5.74, 6) is 0.358. The standard InChI is InChI=1S/C29H42N6O.C2H6/c1-8-11-15-31-26(23(10-3)14-13-21(4)5)19-33-29(36)35-28-17-24(18-30)27(20-32-28)34-25(12-9-2)16-22(6)7;1-2/h9-10,12-14,16-18,20,26,30-31,34H,2,4,8,11,15,19H2,1,3,5-7H3,(H2,32,33,35,36);1-2H3/b14-13-,23-10+,25-12+,30-18?;. The highest BCUT2D eigenvalue weighted by Crippen LogP contribution is 2.19. The van der Waals surface area contributed by atoms with Crippen LogP contribution < -0.4 is 21.3 Å². The fourth-order valence-corrected chi connectivity index (χ4v) is 3.25. The molecule has 0 aliphatic rings. The van der Waals surface area contributed by atoms with Crippen molar-refractivity contribution in [2.75, 3.05) is 23.7 Å². The summed E-state index contributed by atoms with van der Waals surface area (Å²) < 4.78 is 0. The lowest BCUT2D eigenvalue weighted by Gasteiger charge is -2.21. The van der Waals surface area contributed by atoms with Gasteiger partial charge in [0.15, 0.2) is 0 Å². The van der Waals surface area contributed by atoms with Crippen LogP contribution >= 0.6 is 0 Å². The number of rotatable bonds is 15. The maximum Gasteiger partial charge on any atom is 0.320 e. The second kappa shape index (κ2) is 20.4. The smallest absolute Gasteiger partial charge is 0.320 e. The number of amides is 2. The zero-order valence-corrected chi connectivity index (χ0v) is 24.4. The van der Waals surface area contributed by atoms with Crippen LogP contribution in [0.2, 0.25) is 0 Å². The molecule has 5 N–H and O–H groups in total. The van der Waals surface area contributed by atoms with Gasteiger partial charge in [-0.25, -0.2) is 9.78 Å². The summed E-state index contributed by atoms with van der Waals surface area (Å²) in [5, 5.41) is 20.3. The number of anilines is 2. The number of urea groups is 1. The van der Waals surface area contributed by atoms with Crippen molar-refractivity contribution in [1.29, 1.82) is 5.41 Å². The van der Waals surface area contributed by atoms with Crippen molar-refractivity contribution in [3.8, 4) is 0 Å². The summed E-state index contributed by atoms with van der Waals surface area (Å²) in [6.45, 7) is 23.0. The Kier molecular flexibility index (Phi) is 18.4. The Morgan fingerprint density at radius 3 is 2.45 bits per heavy atom. The van der Waals surface area contributed by atoms with Crippen LogP contribution in [0.3, 0.4) is 0 Å². The van der Waals surface area contributed by atoms with Crippen molar-refractivity contribution in [1.82, 2.24) is 15.6 Å². The minimum absolute atomic E-state index is 0.0373. The second-order valence-corrected chi connectivity index (χ2v) is 8.67. The topological polar surface area (TPSA) is 102 Å². The Hall–Kier alpha value is -3.71. The van der Waals surface area contributed by atoms with Crippen molar-refractivity contribution < 1.29 is 4.79 Å². The number of carbonyl (C=O) groups is 1. The Bertz CT molecular complexity index is 1030. The van der Waals surface area contributed by atoms with Gasteiger partial charge < -0.3 is 21.4 Å². The van der Waals surface area contributed by atoms with E-state index in [-0.39, 0.29) is 12.1 Å². The van der Waals surface area contributed by atoms with E-state index in [2.05, 4.69) is 46.3 Å². The third-order valence-corrected chi connectivity index (χ3v) is 5.04. The summed E-state index contributed by atoms with van der Waals surface area (Å²) in [4.78, 5) is 17.0. The molecule has 7 heteroatoms. The highest BCUT2D eigenvalue weighted by molar-refractivity contribution is 5.92. The fourth-order valence-electron chi connectivity index (χ4n) is 3.25. The molecule has 1 unspecified atom stereocenters. The molecule has 0 radical (unpaired) electrons. The third kappa shape index (κ3) is 14.1. The second-order valence-electron chi connectivity index (χ2n) is 8.67. The van der Waals surface area contributed by atoms with E-state index in [0.29, 0.717) is 23.6 Å². The molecule has 208 valence electrons. The van der Waals surface area contributed by atoms with Crippen LogP contribution in [-0.4, -0.2) is 36.4 Å². The van der Waals surface area contributed by atoms with Gasteiger partial charge in [0.1, 0.15) is 5.82 Å². The molecule has 2 amide bonds. The van der Waals surface area contributed by atoms with Gasteiger partial charge in [0.25, 0.3) is 0 Å². The summed E-state index contributed by atoms with van der Waals surface area (Å²) >= 11 is 0. The fraction of sp³-hybridized carbons (Fsp3) is 0.387. The number of pyridine rings is 1. The molecular weight excluding hydrogens is 472 g/mol. The number of nitrogens with one attached hydrogen (secondary N) is 5. The molecule has 0 fully saturated rings. The molecule has 0 spiro atoms. The largest absolute Gasteiger partial charge is 0.354 e. The summed E-state index contributed by atoms with van der Waals surface area (Å²) in [6.07, 6.45) is 16.5. The SMILES string of the molecule is C=C/C=C(\C=C(C)C)Nc1cnc(NC(=O)NCC(NCCCC)C(/C=C\C(=C)C)=C/C)cc1C=N.CC. The van der Waals surface area contributed by atoms with Crippen LogP contribution in [0.5, 0.6) is 0 Å². The van der Waals surface area contributed by atoms with Crippen molar-refractivity contribution in [3.63, 3.8) is 0 Å². The van der Waals surface area contributed by atoms with E-state index in [1.54, 1.807) is 18.3 Å². The molecule has 0 aliphatic heterocycles. The quantitative estimate of drug-likeness (QED) is 0.0938. The lowest BCUT2D eigenvalue weighted by Crippen LogP contribution is -2.43. The Labute approximate surface area is 230 Å². The van der Waals surface area contributed by atoms with Crippen LogP contribution in [0.15, 0.2) is 84.3 Å². The van der Waals surface area contributed by atoms with E-state index in [1.807, 2.05) is 71.9 Å². The zero-order chi connectivity index (χ0) is 28.9. The van der Waals surface area contributed by atoms with E-state index in [0.717, 1.165) is 41.8 Å². The van der Waals surface area contributed by atoms with Gasteiger partial charge in [0.2, 0.25) is 0 Å². The average molecular weight is 521 g/mol. The number of hydrogen-bond acceptors (Lipinski definition) is 5. The first-order valence-corrected chi connectivity index (χ1v) is 13.3. The molecule has 1 aromatic rings. The van der Waals surface area contributed by atoms with Gasteiger partial charge in [-0.1, -0.05) is 75.8 Å². The van der Waals surface area contributed by atoms with Crippen LogP contribution in [0, 0.1) is 5.41 Å². The van der Waals surface area contributed by atoms with Crippen molar-refractivity contribution in [2.24, 2.45) is 0 Å². The van der Waals surface area contributed by atoms with Gasteiger partial charge in [0.05, 0.1) is 11.9 Å². The third-order valence-electron chi connectivity index (χ3n) is 5.04. The van der Waals surface area contributed by atoms with Gasteiger partial charge in [-0.05, 0) is 64.5 Å². The van der Waals surface area contributed by atoms with Gasteiger partial charge in [-0.15, -0.1) is 0 Å². The minimum atomic E-state index is -0.363. The number of nitrogens with zero attached hydrogens (tertiary/aromatic N) is 1. The van der Waals surface area contributed by atoms with Gasteiger partial charge in [0, 0.05) is 30.1 Å². The molecule has 1 heterocycles. The highest BCUT2D eigenvalue weighted by atomic mass is 16.2. The van der Waals surface area contributed by atoms with Gasteiger partial charge >= 0.3 is 6.03 Å². The monoisotopic (exact) mass is 520 g/mol. The van der Waals surface area contributed by atoms with E-state index in [9.17, 15) is 4.79 Å². The maximum atomic E-state index is 12.7. The Morgan fingerprint density at radius 2 is 1.89 bits per heavy atom. The van der Waals surface area contributed by atoms with Crippen LogP contribution in [0.4, 0.5) is 16.3 Å². The van der Waals surface area contributed by atoms with E-state index >= 15 is 0 Å². The first-order valence-electron chi connectivity index (χ1n) is 13.3. The normalized spacial score (nSPS) is 12.1. The molecule has 0 saturated carbocycles. The first-order chi connectivity index (χ1) is 18.2. The van der Waals surface area contributed by atoms with Crippen LogP contribution in [0.25, 0.3) is 0 Å². The predicted molar refractivity (Wildman–Crippen MR) is 166 cm³/mol. The van der Waals surface area contributed by atoms with E-state index in [1.165, 1.54) is 6.21 Å². The molecule has 1 rings (SSSR count). The summed E-state index contributed by atoms with van der Waals surface area (Å²) in [6, 6.07) is 1.26. The lowest BCUT2D eigenvalue weighted by atomic mass is 10.0. The van der Waals surface area contributed by atoms with Crippen LogP contribution in [0.1, 0.15) is 66.9 Å². The molecule has 0 saturated heterocycles. The van der Waals surface area contributed by atoms with Gasteiger partial charge in [-0.3, -0.25) is 5.32 Å². The number of carbonyl (C=O) groups excluding carboxylic acids is 1. The Balaban J connectivity index is 0.00000667. The first kappa shape index (κ1) is 34.3. The van der Waals surface area contributed by atoms with E-state index < -0.39 is 0 Å². The molecule has 7 nitrogen and oxygen atoms in total. The highest BCUT2D eigenvalue weighted by Gasteiger charge is 2.14. The molecule has 0 aliphatic carbocycles. The Morgan fingerprint density at radius 1 is 1.18 bits per heavy atom. The van der Waals surface area contributed by atoms with Gasteiger partial charge in [-0.2, -0.15) is 0 Å². The molecule has 0 bridgehead atoms. The lowest BCUT2D eigenvalue weighted by molar-refractivity contribution is 0.251. The molecular formula is C31H48N6O. The van der Waals surface area contributed by atoms with Crippen molar-refractivity contribution in [2.45, 2.75) is 67.3 Å². The molecule has 38 heavy (non-hydrogen) atoms. The molecule has 1 aromatic heterocycles. The molecule has 0 aromatic carbocycles. The number of unbranched alkanes of at least 4 members (excludes halogenated alkanes) is 1. The molecule has 1 atom stereocenters. The number of aromatic nitrogens is 1.